The van der Waals surface area contributed by atoms with Crippen LogP contribution in [-0.2, 0) is 23.8 Å². The molecule has 0 bridgehead atoms. The van der Waals surface area contributed by atoms with Crippen molar-refractivity contribution in [1.82, 2.24) is 0 Å². The molecule has 2 rings (SSSR count). The highest BCUT2D eigenvalue weighted by atomic mass is 16.6. The van der Waals surface area contributed by atoms with E-state index in [1.165, 1.54) is 14.2 Å². The Kier molecular flexibility index (Phi) is 5.96. The molecule has 0 radical (unpaired) electrons. The number of carbonyl (C=O) groups excluding carboxylic acids is 3. The Balaban J connectivity index is 2.26. The van der Waals surface area contributed by atoms with Gasteiger partial charge in [-0.2, -0.15) is 0 Å². The summed E-state index contributed by atoms with van der Waals surface area (Å²) in [5.41, 5.74) is -1.05. The number of carbonyl (C=O) groups is 3. The monoisotopic (exact) mass is 346 g/mol. The minimum atomic E-state index is -1.46. The fourth-order valence-electron chi connectivity index (χ4n) is 3.35. The fourth-order valence-corrected chi connectivity index (χ4v) is 3.35. The van der Waals surface area contributed by atoms with Gasteiger partial charge in [0.1, 0.15) is 6.10 Å². The maximum absolute atomic E-state index is 12.4. The van der Waals surface area contributed by atoms with E-state index in [4.69, 9.17) is 14.2 Å². The Labute approximate surface area is 146 Å². The van der Waals surface area contributed by atoms with Crippen molar-refractivity contribution < 1.29 is 28.6 Å². The van der Waals surface area contributed by atoms with Crippen molar-refractivity contribution >= 4 is 17.9 Å². The third-order valence-electron chi connectivity index (χ3n) is 4.58. The van der Waals surface area contributed by atoms with Gasteiger partial charge in [-0.1, -0.05) is 24.3 Å². The predicted molar refractivity (Wildman–Crippen MR) is 89.6 cm³/mol. The lowest BCUT2D eigenvalue weighted by atomic mass is 9.85. The van der Waals surface area contributed by atoms with Crippen molar-refractivity contribution in [1.29, 1.82) is 0 Å². The topological polar surface area (TPSA) is 78.9 Å². The highest BCUT2D eigenvalue weighted by molar-refractivity contribution is 6.00. The van der Waals surface area contributed by atoms with Gasteiger partial charge in [0, 0.05) is 12.3 Å². The molecule has 6 nitrogen and oxygen atoms in total. The molecule has 0 heterocycles. The lowest BCUT2D eigenvalue weighted by molar-refractivity contribution is -0.169. The first-order valence-corrected chi connectivity index (χ1v) is 8.02. The Hall–Kier alpha value is -2.63. The molecule has 25 heavy (non-hydrogen) atoms. The number of allylic oxidation sites excluding steroid dienone is 1. The van der Waals surface area contributed by atoms with Gasteiger partial charge in [0.05, 0.1) is 19.8 Å². The lowest BCUT2D eigenvalue weighted by Crippen LogP contribution is -2.39. The van der Waals surface area contributed by atoms with E-state index >= 15 is 0 Å². The van der Waals surface area contributed by atoms with Crippen LogP contribution in [0.1, 0.15) is 29.6 Å². The SMILES string of the molecule is C=CC[C@@H]1CC(C(=O)OC)(C(=O)OC)C[C@@H]1OC(=O)c1ccccc1. The number of benzene rings is 1. The van der Waals surface area contributed by atoms with Gasteiger partial charge < -0.3 is 14.2 Å². The predicted octanol–water partition coefficient (Wildman–Crippen LogP) is 2.53. The van der Waals surface area contributed by atoms with Gasteiger partial charge in [-0.25, -0.2) is 4.79 Å². The summed E-state index contributed by atoms with van der Waals surface area (Å²) in [5.74, 6) is -2.06. The van der Waals surface area contributed by atoms with Crippen molar-refractivity contribution in [3.8, 4) is 0 Å². The maximum atomic E-state index is 12.4. The summed E-state index contributed by atoms with van der Waals surface area (Å²) in [6.45, 7) is 3.70. The van der Waals surface area contributed by atoms with Crippen LogP contribution in [0.4, 0.5) is 0 Å². The Morgan fingerprint density at radius 3 is 2.24 bits per heavy atom. The first-order chi connectivity index (χ1) is 12.0. The molecule has 134 valence electrons. The Bertz CT molecular complexity index is 635. The van der Waals surface area contributed by atoms with Crippen molar-refractivity contribution in [2.24, 2.45) is 11.3 Å². The normalized spacial score (nSPS) is 21.2. The molecule has 6 heteroatoms. The number of esters is 3. The van der Waals surface area contributed by atoms with E-state index in [-0.39, 0.29) is 18.8 Å². The summed E-state index contributed by atoms with van der Waals surface area (Å²) in [7, 11) is 2.44. The third kappa shape index (κ3) is 3.73. The summed E-state index contributed by atoms with van der Waals surface area (Å²) >= 11 is 0. The van der Waals surface area contributed by atoms with E-state index in [0.29, 0.717) is 12.0 Å². The average molecular weight is 346 g/mol. The largest absolute Gasteiger partial charge is 0.468 e. The molecule has 1 aliphatic carbocycles. The van der Waals surface area contributed by atoms with Crippen molar-refractivity contribution in [2.45, 2.75) is 25.4 Å². The van der Waals surface area contributed by atoms with Gasteiger partial charge in [0.2, 0.25) is 0 Å². The molecule has 0 N–H and O–H groups in total. The zero-order valence-electron chi connectivity index (χ0n) is 14.4. The van der Waals surface area contributed by atoms with E-state index in [0.717, 1.165) is 0 Å². The van der Waals surface area contributed by atoms with Gasteiger partial charge in [-0.3, -0.25) is 9.59 Å². The van der Waals surface area contributed by atoms with Crippen LogP contribution in [0.25, 0.3) is 0 Å². The molecule has 2 atom stereocenters. The molecule has 1 aliphatic rings. The number of methoxy groups -OCH3 is 2. The van der Waals surface area contributed by atoms with E-state index in [2.05, 4.69) is 6.58 Å². The zero-order valence-corrected chi connectivity index (χ0v) is 14.4. The first kappa shape index (κ1) is 18.7. The van der Waals surface area contributed by atoms with E-state index in [1.807, 2.05) is 0 Å². The van der Waals surface area contributed by atoms with Crippen molar-refractivity contribution in [2.75, 3.05) is 14.2 Å². The van der Waals surface area contributed by atoms with E-state index < -0.39 is 29.4 Å². The van der Waals surface area contributed by atoms with Crippen LogP contribution in [0.3, 0.4) is 0 Å². The quantitative estimate of drug-likeness (QED) is 0.341. The number of ether oxygens (including phenoxy) is 3. The van der Waals surface area contributed by atoms with E-state index in [1.54, 1.807) is 36.4 Å². The minimum absolute atomic E-state index is 0.0312. The van der Waals surface area contributed by atoms with Crippen LogP contribution in [0.5, 0.6) is 0 Å². The number of rotatable bonds is 6. The van der Waals surface area contributed by atoms with E-state index in [9.17, 15) is 14.4 Å². The minimum Gasteiger partial charge on any atom is -0.468 e. The highest BCUT2D eigenvalue weighted by Crippen LogP contribution is 2.47. The third-order valence-corrected chi connectivity index (χ3v) is 4.58. The molecule has 1 fully saturated rings. The molecule has 0 amide bonds. The van der Waals surface area contributed by atoms with Crippen LogP contribution >= 0.6 is 0 Å². The van der Waals surface area contributed by atoms with Gasteiger partial charge in [-0.15, -0.1) is 6.58 Å². The second-order valence-corrected chi connectivity index (χ2v) is 6.07. The summed E-state index contributed by atoms with van der Waals surface area (Å²) in [6.07, 6.45) is 1.79. The molecule has 1 aromatic carbocycles. The standard InChI is InChI=1S/C19H22O6/c1-4-8-14-11-19(17(21)23-2,18(22)24-3)12-15(14)25-16(20)13-9-6-5-7-10-13/h4-7,9-10,14-15H,1,8,11-12H2,2-3H3/t14-,15+/m1/s1. The summed E-state index contributed by atoms with van der Waals surface area (Å²) in [6, 6.07) is 8.56. The van der Waals surface area contributed by atoms with Crippen molar-refractivity contribution in [3.05, 3.63) is 48.6 Å². The van der Waals surface area contributed by atoms with Crippen LogP contribution in [0, 0.1) is 11.3 Å². The van der Waals surface area contributed by atoms with Crippen LogP contribution < -0.4 is 0 Å². The Morgan fingerprint density at radius 2 is 1.72 bits per heavy atom. The first-order valence-electron chi connectivity index (χ1n) is 8.02. The molecular weight excluding hydrogens is 324 g/mol. The van der Waals surface area contributed by atoms with Crippen LogP contribution in [0.2, 0.25) is 0 Å². The lowest BCUT2D eigenvalue weighted by Gasteiger charge is -2.22. The van der Waals surface area contributed by atoms with Gasteiger partial charge >= 0.3 is 17.9 Å². The smallest absolute Gasteiger partial charge is 0.338 e. The van der Waals surface area contributed by atoms with Crippen LogP contribution in [-0.4, -0.2) is 38.2 Å². The van der Waals surface area contributed by atoms with Gasteiger partial charge in [0.15, 0.2) is 5.41 Å². The molecular formula is C19H22O6. The van der Waals surface area contributed by atoms with Crippen molar-refractivity contribution in [3.63, 3.8) is 0 Å². The second kappa shape index (κ2) is 7.96. The van der Waals surface area contributed by atoms with Gasteiger partial charge in [-0.05, 0) is 25.0 Å². The zero-order chi connectivity index (χ0) is 18.4. The second-order valence-electron chi connectivity index (χ2n) is 6.07. The Morgan fingerprint density at radius 1 is 1.12 bits per heavy atom. The fraction of sp³-hybridized carbons (Fsp3) is 0.421. The molecule has 1 aromatic rings. The van der Waals surface area contributed by atoms with Crippen LogP contribution in [0.15, 0.2) is 43.0 Å². The summed E-state index contributed by atoms with van der Waals surface area (Å²) < 4.78 is 15.2. The van der Waals surface area contributed by atoms with Gasteiger partial charge in [0.25, 0.3) is 0 Å². The molecule has 0 spiro atoms. The molecule has 0 saturated heterocycles. The number of hydrogen-bond acceptors (Lipinski definition) is 6. The summed E-state index contributed by atoms with van der Waals surface area (Å²) in [4.78, 5) is 37.0. The molecule has 1 saturated carbocycles. The summed E-state index contributed by atoms with van der Waals surface area (Å²) in [5, 5.41) is 0. The number of hydrogen-bond donors (Lipinski definition) is 0. The average Bonchev–Trinajstić information content (AvgIpc) is 3.00. The molecule has 0 aromatic heterocycles. The maximum Gasteiger partial charge on any atom is 0.338 e. The molecule has 0 unspecified atom stereocenters. The molecule has 0 aliphatic heterocycles. The highest BCUT2D eigenvalue weighted by Gasteiger charge is 2.58.